The number of rotatable bonds is 4. The van der Waals surface area contributed by atoms with Gasteiger partial charge in [0.15, 0.2) is 0 Å². The second kappa shape index (κ2) is 5.24. The zero-order valence-electron chi connectivity index (χ0n) is 9.44. The normalized spacial score (nSPS) is 15.3. The fourth-order valence-corrected chi connectivity index (χ4v) is 1.63. The molecule has 0 aliphatic rings. The van der Waals surface area contributed by atoms with Gasteiger partial charge in [-0.05, 0) is 27.0 Å². The smallest absolute Gasteiger partial charge is 0.127 e. The van der Waals surface area contributed by atoms with Crippen molar-refractivity contribution in [1.29, 1.82) is 0 Å². The highest BCUT2D eigenvalue weighted by atomic mass is 19.1. The van der Waals surface area contributed by atoms with E-state index in [0.29, 0.717) is 12.1 Å². The minimum atomic E-state index is -0.399. The summed E-state index contributed by atoms with van der Waals surface area (Å²) in [5, 5.41) is 9.25. The second-order valence-electron chi connectivity index (χ2n) is 3.99. The summed E-state index contributed by atoms with van der Waals surface area (Å²) >= 11 is 0. The van der Waals surface area contributed by atoms with E-state index in [0.717, 1.165) is 0 Å². The molecule has 3 heteroatoms. The highest BCUT2D eigenvalue weighted by Gasteiger charge is 2.15. The third-order valence-electron chi connectivity index (χ3n) is 2.57. The van der Waals surface area contributed by atoms with Gasteiger partial charge >= 0.3 is 0 Å². The maximum absolute atomic E-state index is 13.4. The van der Waals surface area contributed by atoms with Crippen molar-refractivity contribution in [2.45, 2.75) is 26.0 Å². The molecule has 2 atom stereocenters. The van der Waals surface area contributed by atoms with Crippen LogP contribution in [0.2, 0.25) is 0 Å². The molecule has 0 aromatic heterocycles. The first-order valence-electron chi connectivity index (χ1n) is 5.15. The number of hydrogen-bond donors (Lipinski definition) is 1. The highest BCUT2D eigenvalue weighted by Crippen LogP contribution is 2.21. The average Bonchev–Trinajstić information content (AvgIpc) is 2.16. The lowest BCUT2D eigenvalue weighted by Gasteiger charge is -2.26. The highest BCUT2D eigenvalue weighted by molar-refractivity contribution is 5.20. The van der Waals surface area contributed by atoms with E-state index in [1.165, 1.54) is 6.07 Å². The van der Waals surface area contributed by atoms with Crippen molar-refractivity contribution >= 4 is 0 Å². The van der Waals surface area contributed by atoms with E-state index >= 15 is 0 Å². The molecule has 2 nitrogen and oxygen atoms in total. The fraction of sp³-hybridized carbons (Fsp3) is 0.500. The predicted molar refractivity (Wildman–Crippen MR) is 59.1 cm³/mol. The van der Waals surface area contributed by atoms with Crippen molar-refractivity contribution in [3.05, 3.63) is 35.6 Å². The number of halogens is 1. The van der Waals surface area contributed by atoms with Crippen LogP contribution in [0.4, 0.5) is 4.39 Å². The lowest BCUT2D eigenvalue weighted by molar-refractivity contribution is 0.120. The number of aliphatic hydroxyl groups excluding tert-OH is 1. The summed E-state index contributed by atoms with van der Waals surface area (Å²) in [5.74, 6) is -0.192. The van der Waals surface area contributed by atoms with Crippen molar-refractivity contribution in [3.63, 3.8) is 0 Å². The van der Waals surface area contributed by atoms with Crippen LogP contribution in [0, 0.1) is 5.82 Å². The summed E-state index contributed by atoms with van der Waals surface area (Å²) in [6.07, 6.45) is -0.399. The molecule has 1 aromatic carbocycles. The van der Waals surface area contributed by atoms with E-state index in [1.807, 2.05) is 24.9 Å². The van der Waals surface area contributed by atoms with Crippen molar-refractivity contribution in [1.82, 2.24) is 4.90 Å². The molecule has 0 spiro atoms. The lowest BCUT2D eigenvalue weighted by Crippen LogP contribution is -2.30. The topological polar surface area (TPSA) is 23.5 Å². The Morgan fingerprint density at radius 2 is 1.93 bits per heavy atom. The third-order valence-corrected chi connectivity index (χ3v) is 2.57. The van der Waals surface area contributed by atoms with Gasteiger partial charge < -0.3 is 5.11 Å². The van der Waals surface area contributed by atoms with Gasteiger partial charge in [0.1, 0.15) is 5.82 Å². The first-order valence-corrected chi connectivity index (χ1v) is 5.15. The van der Waals surface area contributed by atoms with Crippen LogP contribution in [-0.4, -0.2) is 29.7 Å². The zero-order chi connectivity index (χ0) is 11.4. The summed E-state index contributed by atoms with van der Waals surface area (Å²) < 4.78 is 13.4. The predicted octanol–water partition coefficient (Wildman–Crippen LogP) is 2.20. The van der Waals surface area contributed by atoms with Crippen LogP contribution in [-0.2, 0) is 0 Å². The SMILES string of the molecule is CC(c1ccccc1F)N(C)C[C@H](C)O. The van der Waals surface area contributed by atoms with Crippen LogP contribution in [0.5, 0.6) is 0 Å². The van der Waals surface area contributed by atoms with E-state index < -0.39 is 6.10 Å². The first-order chi connectivity index (χ1) is 7.02. The minimum Gasteiger partial charge on any atom is -0.392 e. The second-order valence-corrected chi connectivity index (χ2v) is 3.99. The Kier molecular flexibility index (Phi) is 4.24. The molecule has 0 aliphatic heterocycles. The molecule has 0 bridgehead atoms. The van der Waals surface area contributed by atoms with Crippen LogP contribution in [0.3, 0.4) is 0 Å². The summed E-state index contributed by atoms with van der Waals surface area (Å²) in [7, 11) is 1.88. The van der Waals surface area contributed by atoms with E-state index in [4.69, 9.17) is 0 Å². The lowest BCUT2D eigenvalue weighted by atomic mass is 10.1. The van der Waals surface area contributed by atoms with Crippen molar-refractivity contribution in [2.24, 2.45) is 0 Å². The maximum Gasteiger partial charge on any atom is 0.127 e. The Hall–Kier alpha value is -0.930. The number of benzene rings is 1. The largest absolute Gasteiger partial charge is 0.392 e. The molecule has 0 saturated heterocycles. The van der Waals surface area contributed by atoms with Gasteiger partial charge in [0.2, 0.25) is 0 Å². The summed E-state index contributed by atoms with van der Waals surface area (Å²) in [6.45, 7) is 4.20. The Morgan fingerprint density at radius 1 is 1.33 bits per heavy atom. The summed E-state index contributed by atoms with van der Waals surface area (Å²) in [6, 6.07) is 6.71. The molecule has 0 saturated carbocycles. The zero-order valence-corrected chi connectivity index (χ0v) is 9.44. The van der Waals surface area contributed by atoms with Crippen molar-refractivity contribution in [3.8, 4) is 0 Å². The van der Waals surface area contributed by atoms with E-state index in [2.05, 4.69) is 0 Å². The van der Waals surface area contributed by atoms with Gasteiger partial charge in [0, 0.05) is 18.2 Å². The quantitative estimate of drug-likeness (QED) is 0.825. The molecule has 1 N–H and O–H groups in total. The van der Waals surface area contributed by atoms with Crippen LogP contribution in [0.25, 0.3) is 0 Å². The molecular formula is C12H18FNO. The van der Waals surface area contributed by atoms with Crippen molar-refractivity contribution < 1.29 is 9.50 Å². The van der Waals surface area contributed by atoms with E-state index in [1.54, 1.807) is 19.1 Å². The number of likely N-dealkylation sites (N-methyl/N-ethyl adjacent to an activating group) is 1. The molecule has 0 aliphatic carbocycles. The standard InChI is InChI=1S/C12H18FNO/c1-9(15)8-14(3)10(2)11-6-4-5-7-12(11)13/h4-7,9-10,15H,8H2,1-3H3/t9-,10?/m0/s1. The number of aliphatic hydroxyl groups is 1. The minimum absolute atomic E-state index is 0.0270. The Morgan fingerprint density at radius 3 is 2.47 bits per heavy atom. The average molecular weight is 211 g/mol. The molecule has 0 radical (unpaired) electrons. The molecular weight excluding hydrogens is 193 g/mol. The van der Waals surface area contributed by atoms with Crippen LogP contribution < -0.4 is 0 Å². The van der Waals surface area contributed by atoms with E-state index in [-0.39, 0.29) is 11.9 Å². The molecule has 0 amide bonds. The Bertz CT molecular complexity index is 314. The first kappa shape index (κ1) is 12.1. The van der Waals surface area contributed by atoms with Gasteiger partial charge in [-0.3, -0.25) is 4.90 Å². The molecule has 15 heavy (non-hydrogen) atoms. The fourth-order valence-electron chi connectivity index (χ4n) is 1.63. The van der Waals surface area contributed by atoms with Gasteiger partial charge in [-0.2, -0.15) is 0 Å². The monoisotopic (exact) mass is 211 g/mol. The molecule has 0 fully saturated rings. The Balaban J connectivity index is 2.76. The van der Waals surface area contributed by atoms with Gasteiger partial charge in [0.25, 0.3) is 0 Å². The number of nitrogens with zero attached hydrogens (tertiary/aromatic N) is 1. The molecule has 84 valence electrons. The van der Waals surface area contributed by atoms with Gasteiger partial charge in [-0.25, -0.2) is 4.39 Å². The van der Waals surface area contributed by atoms with Crippen LogP contribution >= 0.6 is 0 Å². The summed E-state index contributed by atoms with van der Waals surface area (Å²) in [5.41, 5.74) is 0.667. The van der Waals surface area contributed by atoms with Crippen LogP contribution in [0.1, 0.15) is 25.5 Å². The van der Waals surface area contributed by atoms with Gasteiger partial charge in [-0.15, -0.1) is 0 Å². The Labute approximate surface area is 90.3 Å². The molecule has 1 unspecified atom stereocenters. The number of hydrogen-bond acceptors (Lipinski definition) is 2. The maximum atomic E-state index is 13.4. The van der Waals surface area contributed by atoms with Gasteiger partial charge in [-0.1, -0.05) is 18.2 Å². The molecule has 1 aromatic rings. The van der Waals surface area contributed by atoms with Crippen molar-refractivity contribution in [2.75, 3.05) is 13.6 Å². The third kappa shape index (κ3) is 3.29. The molecule has 0 heterocycles. The van der Waals surface area contributed by atoms with Crippen LogP contribution in [0.15, 0.2) is 24.3 Å². The molecule has 1 rings (SSSR count). The van der Waals surface area contributed by atoms with Gasteiger partial charge in [0.05, 0.1) is 6.10 Å². The summed E-state index contributed by atoms with van der Waals surface area (Å²) in [4.78, 5) is 1.93. The van der Waals surface area contributed by atoms with E-state index in [9.17, 15) is 9.50 Å².